The standard InChI is InChI=1S/C24H16N4O2S/c29-24-19(12-17-7-4-10-30-17)27-23-22(16-8-9-21-18(11-16)25-14-31-21)26-20(13-28(23)24)15-5-2-1-3-6-15/h1-11,13-14,29H,12H2. The van der Waals surface area contributed by atoms with E-state index in [4.69, 9.17) is 14.4 Å². The van der Waals surface area contributed by atoms with Crippen LogP contribution in [0.25, 0.3) is 38.4 Å². The third-order valence-corrected chi connectivity index (χ3v) is 6.06. The highest BCUT2D eigenvalue weighted by Crippen LogP contribution is 2.33. The Morgan fingerprint density at radius 1 is 0.968 bits per heavy atom. The van der Waals surface area contributed by atoms with Crippen molar-refractivity contribution in [3.8, 4) is 28.4 Å². The summed E-state index contributed by atoms with van der Waals surface area (Å²) in [5.41, 5.74) is 7.18. The van der Waals surface area contributed by atoms with Crippen molar-refractivity contribution < 1.29 is 9.52 Å². The maximum Gasteiger partial charge on any atom is 0.219 e. The van der Waals surface area contributed by atoms with E-state index < -0.39 is 0 Å². The van der Waals surface area contributed by atoms with Crippen molar-refractivity contribution in [2.75, 3.05) is 0 Å². The molecule has 0 saturated carbocycles. The zero-order chi connectivity index (χ0) is 20.8. The third kappa shape index (κ3) is 3.06. The molecule has 0 saturated heterocycles. The molecule has 0 aliphatic rings. The van der Waals surface area contributed by atoms with Crippen molar-refractivity contribution in [1.82, 2.24) is 19.4 Å². The van der Waals surface area contributed by atoms with Gasteiger partial charge >= 0.3 is 0 Å². The summed E-state index contributed by atoms with van der Waals surface area (Å²) in [5, 5.41) is 11.0. The summed E-state index contributed by atoms with van der Waals surface area (Å²) < 4.78 is 8.27. The van der Waals surface area contributed by atoms with Gasteiger partial charge in [0.1, 0.15) is 17.1 Å². The number of nitrogens with zero attached hydrogens (tertiary/aromatic N) is 4. The number of furan rings is 1. The summed E-state index contributed by atoms with van der Waals surface area (Å²) in [6, 6.07) is 19.7. The number of hydrogen-bond acceptors (Lipinski definition) is 6. The molecule has 0 fully saturated rings. The monoisotopic (exact) mass is 424 g/mol. The minimum absolute atomic E-state index is 0.0852. The molecule has 6 rings (SSSR count). The molecule has 0 unspecified atom stereocenters. The Hall–Kier alpha value is -3.97. The Kier molecular flexibility index (Phi) is 4.07. The number of rotatable bonds is 4. The van der Waals surface area contributed by atoms with Gasteiger partial charge < -0.3 is 9.52 Å². The Balaban J connectivity index is 1.60. The molecule has 6 nitrogen and oxygen atoms in total. The largest absolute Gasteiger partial charge is 0.493 e. The Bertz CT molecular complexity index is 1520. The number of aromatic hydroxyl groups is 1. The van der Waals surface area contributed by atoms with E-state index in [2.05, 4.69) is 4.98 Å². The van der Waals surface area contributed by atoms with Gasteiger partial charge in [-0.25, -0.2) is 15.0 Å². The van der Waals surface area contributed by atoms with Gasteiger partial charge in [-0.1, -0.05) is 36.4 Å². The Morgan fingerprint density at radius 3 is 2.71 bits per heavy atom. The number of benzene rings is 2. The number of fused-ring (bicyclic) bond motifs is 2. The molecule has 1 N–H and O–H groups in total. The first kappa shape index (κ1) is 17.9. The van der Waals surface area contributed by atoms with E-state index in [-0.39, 0.29) is 5.88 Å². The van der Waals surface area contributed by atoms with Gasteiger partial charge in [-0.15, -0.1) is 11.3 Å². The second-order valence-corrected chi connectivity index (χ2v) is 8.09. The number of hydrogen-bond donors (Lipinski definition) is 1. The summed E-state index contributed by atoms with van der Waals surface area (Å²) in [4.78, 5) is 14.1. The predicted molar refractivity (Wildman–Crippen MR) is 120 cm³/mol. The second kappa shape index (κ2) is 7.07. The fourth-order valence-corrected chi connectivity index (χ4v) is 4.38. The van der Waals surface area contributed by atoms with E-state index >= 15 is 0 Å². The van der Waals surface area contributed by atoms with Gasteiger partial charge in [0.15, 0.2) is 5.65 Å². The molecule has 0 aliphatic heterocycles. The predicted octanol–water partition coefficient (Wildman–Crippen LogP) is 5.56. The molecule has 2 aromatic carbocycles. The molecule has 0 spiro atoms. The molecule has 4 aromatic heterocycles. The first-order valence-electron chi connectivity index (χ1n) is 9.78. The van der Waals surface area contributed by atoms with E-state index in [9.17, 15) is 5.11 Å². The van der Waals surface area contributed by atoms with Gasteiger partial charge in [-0.2, -0.15) is 0 Å². The van der Waals surface area contributed by atoms with Gasteiger partial charge in [0.25, 0.3) is 0 Å². The van der Waals surface area contributed by atoms with Gasteiger partial charge in [0.2, 0.25) is 5.88 Å². The molecule has 0 aliphatic carbocycles. The molecule has 0 bridgehead atoms. The van der Waals surface area contributed by atoms with Crippen LogP contribution in [-0.4, -0.2) is 24.5 Å². The van der Waals surface area contributed by atoms with Gasteiger partial charge in [-0.3, -0.25) is 4.40 Å². The SMILES string of the molecule is Oc1c(Cc2ccco2)nc2c(-c3ccc4scnc4c3)nc(-c3ccccc3)cn12. The zero-order valence-electron chi connectivity index (χ0n) is 16.3. The fraction of sp³-hybridized carbons (Fsp3) is 0.0417. The first-order chi connectivity index (χ1) is 15.3. The minimum atomic E-state index is 0.0852. The van der Waals surface area contributed by atoms with Crippen LogP contribution in [0.4, 0.5) is 0 Å². The van der Waals surface area contributed by atoms with Crippen molar-refractivity contribution in [2.45, 2.75) is 6.42 Å². The van der Waals surface area contributed by atoms with Crippen molar-refractivity contribution in [2.24, 2.45) is 0 Å². The Labute approximate surface area is 181 Å². The maximum atomic E-state index is 11.0. The van der Waals surface area contributed by atoms with Crippen LogP contribution in [0.2, 0.25) is 0 Å². The molecule has 0 amide bonds. The number of aromatic nitrogens is 4. The van der Waals surface area contributed by atoms with E-state index in [0.29, 0.717) is 23.5 Å². The summed E-state index contributed by atoms with van der Waals surface area (Å²) in [6.07, 6.45) is 3.83. The van der Waals surface area contributed by atoms with Crippen LogP contribution in [0.5, 0.6) is 5.88 Å². The molecule has 7 heteroatoms. The first-order valence-corrected chi connectivity index (χ1v) is 10.7. The molecule has 150 valence electrons. The minimum Gasteiger partial charge on any atom is -0.493 e. The molecule has 31 heavy (non-hydrogen) atoms. The number of imidazole rings is 1. The van der Waals surface area contributed by atoms with Crippen LogP contribution < -0.4 is 0 Å². The molecule has 0 atom stereocenters. The maximum absolute atomic E-state index is 11.0. The van der Waals surface area contributed by atoms with Crippen LogP contribution in [0.1, 0.15) is 11.5 Å². The van der Waals surface area contributed by atoms with E-state index in [1.807, 2.05) is 72.4 Å². The molecule has 0 radical (unpaired) electrons. The second-order valence-electron chi connectivity index (χ2n) is 7.21. The van der Waals surface area contributed by atoms with Crippen LogP contribution in [0, 0.1) is 0 Å². The normalized spacial score (nSPS) is 11.5. The third-order valence-electron chi connectivity index (χ3n) is 5.25. The van der Waals surface area contributed by atoms with Gasteiger partial charge in [-0.05, 0) is 24.3 Å². The molecule has 6 aromatic rings. The molecule has 4 heterocycles. The van der Waals surface area contributed by atoms with E-state index in [1.54, 1.807) is 22.0 Å². The lowest BCUT2D eigenvalue weighted by atomic mass is 10.1. The summed E-state index contributed by atoms with van der Waals surface area (Å²) in [6.45, 7) is 0. The van der Waals surface area contributed by atoms with Crippen LogP contribution in [0.3, 0.4) is 0 Å². The topological polar surface area (TPSA) is 76.5 Å². The summed E-state index contributed by atoms with van der Waals surface area (Å²) in [5.74, 6) is 0.822. The number of thiazole rings is 1. The van der Waals surface area contributed by atoms with Crippen LogP contribution >= 0.6 is 11.3 Å². The van der Waals surface area contributed by atoms with Crippen LogP contribution in [0.15, 0.2) is 83.1 Å². The summed E-state index contributed by atoms with van der Waals surface area (Å²) >= 11 is 1.60. The lowest BCUT2D eigenvalue weighted by Gasteiger charge is -2.08. The quantitative estimate of drug-likeness (QED) is 0.401. The van der Waals surface area contributed by atoms with Crippen molar-refractivity contribution >= 4 is 27.2 Å². The van der Waals surface area contributed by atoms with Crippen LogP contribution in [-0.2, 0) is 6.42 Å². The van der Waals surface area contributed by atoms with Crippen molar-refractivity contribution in [3.63, 3.8) is 0 Å². The highest BCUT2D eigenvalue weighted by Gasteiger charge is 2.19. The average Bonchev–Trinajstić information content (AvgIpc) is 3.55. The van der Waals surface area contributed by atoms with Gasteiger partial charge in [0.05, 0.1) is 34.1 Å². The summed E-state index contributed by atoms with van der Waals surface area (Å²) in [7, 11) is 0. The smallest absolute Gasteiger partial charge is 0.219 e. The van der Waals surface area contributed by atoms with Crippen molar-refractivity contribution in [3.05, 3.63) is 90.1 Å². The van der Waals surface area contributed by atoms with Gasteiger partial charge in [0, 0.05) is 17.3 Å². The molecular formula is C24H16N4O2S. The average molecular weight is 424 g/mol. The zero-order valence-corrected chi connectivity index (χ0v) is 17.1. The lowest BCUT2D eigenvalue weighted by Crippen LogP contribution is -1.96. The fourth-order valence-electron chi connectivity index (χ4n) is 3.73. The highest BCUT2D eigenvalue weighted by atomic mass is 32.1. The molecular weight excluding hydrogens is 408 g/mol. The van der Waals surface area contributed by atoms with Crippen molar-refractivity contribution in [1.29, 1.82) is 0 Å². The van der Waals surface area contributed by atoms with E-state index in [0.717, 1.165) is 32.8 Å². The Morgan fingerprint density at radius 2 is 1.87 bits per heavy atom. The lowest BCUT2D eigenvalue weighted by molar-refractivity contribution is 0.438. The highest BCUT2D eigenvalue weighted by molar-refractivity contribution is 7.16. The van der Waals surface area contributed by atoms with E-state index in [1.165, 1.54) is 0 Å².